The van der Waals surface area contributed by atoms with Gasteiger partial charge in [0.25, 0.3) is 10.0 Å². The lowest BCUT2D eigenvalue weighted by atomic mass is 10.0. The summed E-state index contributed by atoms with van der Waals surface area (Å²) in [6, 6.07) is 29.1. The van der Waals surface area contributed by atoms with Crippen LogP contribution in [0.25, 0.3) is 0 Å². The number of amides is 2. The molecular formula is C36H37BrClN3O4S. The van der Waals surface area contributed by atoms with Gasteiger partial charge in [0.2, 0.25) is 11.8 Å². The number of carbonyl (C=O) groups excluding carboxylic acids is 2. The molecule has 0 unspecified atom stereocenters. The van der Waals surface area contributed by atoms with Crippen LogP contribution in [0.15, 0.2) is 112 Å². The fourth-order valence-corrected chi connectivity index (χ4v) is 7.49. The Balaban J connectivity index is 1.55. The number of carbonyl (C=O) groups is 2. The number of anilines is 1. The lowest BCUT2D eigenvalue weighted by Crippen LogP contribution is -2.54. The summed E-state index contributed by atoms with van der Waals surface area (Å²) in [6.07, 6.45) is 4.13. The third kappa shape index (κ3) is 8.57. The molecule has 10 heteroatoms. The number of hydrogen-bond donors (Lipinski definition) is 1. The molecule has 46 heavy (non-hydrogen) atoms. The van der Waals surface area contributed by atoms with Gasteiger partial charge in [-0.1, -0.05) is 101 Å². The van der Waals surface area contributed by atoms with Gasteiger partial charge in [0.15, 0.2) is 0 Å². The molecule has 4 aromatic rings. The van der Waals surface area contributed by atoms with Crippen LogP contribution in [-0.4, -0.2) is 43.8 Å². The molecular weight excluding hydrogens is 686 g/mol. The van der Waals surface area contributed by atoms with Crippen molar-refractivity contribution in [3.8, 4) is 0 Å². The second kappa shape index (κ2) is 15.3. The second-order valence-corrected chi connectivity index (χ2v) is 14.9. The van der Waals surface area contributed by atoms with E-state index in [1.165, 1.54) is 4.90 Å². The number of sulfonamides is 1. The zero-order valence-corrected chi connectivity index (χ0v) is 28.8. The molecule has 0 radical (unpaired) electrons. The van der Waals surface area contributed by atoms with E-state index < -0.39 is 28.5 Å². The number of aryl methyl sites for hydroxylation is 1. The maximum Gasteiger partial charge on any atom is 0.264 e. The highest BCUT2D eigenvalue weighted by atomic mass is 79.9. The highest BCUT2D eigenvalue weighted by Crippen LogP contribution is 2.27. The Morgan fingerprint density at radius 1 is 0.870 bits per heavy atom. The van der Waals surface area contributed by atoms with Crippen molar-refractivity contribution >= 4 is 55.1 Å². The predicted octanol–water partition coefficient (Wildman–Crippen LogP) is 7.31. The van der Waals surface area contributed by atoms with Gasteiger partial charge in [-0.15, -0.1) is 0 Å². The summed E-state index contributed by atoms with van der Waals surface area (Å²) < 4.78 is 30.2. The van der Waals surface area contributed by atoms with Crippen molar-refractivity contribution in [3.63, 3.8) is 0 Å². The monoisotopic (exact) mass is 721 g/mol. The van der Waals surface area contributed by atoms with Crippen molar-refractivity contribution in [2.45, 2.75) is 62.6 Å². The molecule has 1 saturated carbocycles. The summed E-state index contributed by atoms with van der Waals surface area (Å²) in [5.74, 6) is -0.759. The van der Waals surface area contributed by atoms with Crippen LogP contribution in [-0.2, 0) is 32.6 Å². The Morgan fingerprint density at radius 3 is 2.13 bits per heavy atom. The number of halogens is 2. The van der Waals surface area contributed by atoms with Gasteiger partial charge >= 0.3 is 0 Å². The molecule has 0 bridgehead atoms. The van der Waals surface area contributed by atoms with Crippen LogP contribution in [0.2, 0.25) is 5.02 Å². The van der Waals surface area contributed by atoms with Gasteiger partial charge in [-0.3, -0.25) is 13.9 Å². The first kappa shape index (κ1) is 33.7. The first-order valence-corrected chi connectivity index (χ1v) is 17.9. The van der Waals surface area contributed by atoms with Crippen LogP contribution in [0.5, 0.6) is 0 Å². The third-order valence-corrected chi connectivity index (χ3v) is 10.8. The molecule has 240 valence electrons. The zero-order chi connectivity index (χ0) is 32.7. The lowest BCUT2D eigenvalue weighted by molar-refractivity contribution is -0.140. The zero-order valence-electron chi connectivity index (χ0n) is 25.6. The smallest absolute Gasteiger partial charge is 0.264 e. The summed E-state index contributed by atoms with van der Waals surface area (Å²) in [5.41, 5.74) is 2.90. The van der Waals surface area contributed by atoms with Crippen LogP contribution < -0.4 is 9.62 Å². The first-order chi connectivity index (χ1) is 22.1. The molecule has 1 N–H and O–H groups in total. The highest BCUT2D eigenvalue weighted by molar-refractivity contribution is 9.10. The minimum absolute atomic E-state index is 0.0411. The number of hydrogen-bond acceptors (Lipinski definition) is 4. The van der Waals surface area contributed by atoms with E-state index in [9.17, 15) is 18.0 Å². The van der Waals surface area contributed by atoms with Crippen molar-refractivity contribution in [1.29, 1.82) is 0 Å². The van der Waals surface area contributed by atoms with E-state index in [4.69, 9.17) is 11.6 Å². The molecule has 0 aliphatic heterocycles. The number of benzene rings is 4. The molecule has 2 amide bonds. The molecule has 1 fully saturated rings. The Labute approximate surface area is 284 Å². The van der Waals surface area contributed by atoms with Crippen LogP contribution in [0.4, 0.5) is 5.69 Å². The third-order valence-electron chi connectivity index (χ3n) is 8.24. The van der Waals surface area contributed by atoms with Gasteiger partial charge in [-0.05, 0) is 79.4 Å². The minimum atomic E-state index is -4.16. The molecule has 7 nitrogen and oxygen atoms in total. The minimum Gasteiger partial charge on any atom is -0.352 e. The average Bonchev–Trinajstić information content (AvgIpc) is 3.56. The summed E-state index contributed by atoms with van der Waals surface area (Å²) >= 11 is 9.59. The maximum atomic E-state index is 14.6. The van der Waals surface area contributed by atoms with Gasteiger partial charge < -0.3 is 10.2 Å². The van der Waals surface area contributed by atoms with Crippen LogP contribution in [0.3, 0.4) is 0 Å². The van der Waals surface area contributed by atoms with Crippen LogP contribution in [0.1, 0.15) is 42.4 Å². The molecule has 0 spiro atoms. The fraction of sp³-hybridized carbons (Fsp3) is 0.278. The van der Waals surface area contributed by atoms with Crippen LogP contribution >= 0.6 is 27.5 Å². The van der Waals surface area contributed by atoms with E-state index in [1.807, 2.05) is 49.4 Å². The topological polar surface area (TPSA) is 86.8 Å². The van der Waals surface area contributed by atoms with Crippen molar-refractivity contribution in [1.82, 2.24) is 10.2 Å². The van der Waals surface area contributed by atoms with Crippen molar-refractivity contribution in [2.75, 3.05) is 10.8 Å². The Morgan fingerprint density at radius 2 is 1.50 bits per heavy atom. The van der Waals surface area contributed by atoms with Gasteiger partial charge in [0, 0.05) is 28.5 Å². The Bertz CT molecular complexity index is 1730. The Hall–Kier alpha value is -3.66. The summed E-state index contributed by atoms with van der Waals surface area (Å²) in [4.78, 5) is 30.2. The van der Waals surface area contributed by atoms with Crippen molar-refractivity contribution in [2.24, 2.45) is 0 Å². The molecule has 0 heterocycles. The molecule has 5 rings (SSSR count). The van der Waals surface area contributed by atoms with Crippen molar-refractivity contribution in [3.05, 3.63) is 129 Å². The SMILES string of the molecule is Cc1ccc(S(=O)(=O)N(CC(=O)N(Cc2ccc(Cl)cc2)[C@@H](Cc2ccccc2)C(=O)NC2CCCC2)c2ccc(Br)cc2)cc1. The molecule has 1 aliphatic rings. The fourth-order valence-electron chi connectivity index (χ4n) is 5.68. The van der Waals surface area contributed by atoms with E-state index >= 15 is 0 Å². The predicted molar refractivity (Wildman–Crippen MR) is 186 cm³/mol. The molecule has 4 aromatic carbocycles. The summed E-state index contributed by atoms with van der Waals surface area (Å²) in [7, 11) is -4.16. The van der Waals surface area contributed by atoms with Crippen LogP contribution in [0, 0.1) is 6.92 Å². The van der Waals surface area contributed by atoms with Crippen molar-refractivity contribution < 1.29 is 18.0 Å². The quantitative estimate of drug-likeness (QED) is 0.166. The number of rotatable bonds is 12. The Kier molecular flexibility index (Phi) is 11.2. The maximum absolute atomic E-state index is 14.6. The normalized spacial score (nSPS) is 14.1. The first-order valence-electron chi connectivity index (χ1n) is 15.3. The van der Waals surface area contributed by atoms with E-state index in [1.54, 1.807) is 60.7 Å². The highest BCUT2D eigenvalue weighted by Gasteiger charge is 2.35. The van der Waals surface area contributed by atoms with Gasteiger partial charge in [0.1, 0.15) is 12.6 Å². The van der Waals surface area contributed by atoms with Gasteiger partial charge in [-0.2, -0.15) is 0 Å². The molecule has 1 aliphatic carbocycles. The molecule has 0 saturated heterocycles. The summed E-state index contributed by atoms with van der Waals surface area (Å²) in [5, 5.41) is 3.74. The largest absolute Gasteiger partial charge is 0.352 e. The van der Waals surface area contributed by atoms with E-state index in [0.29, 0.717) is 10.7 Å². The molecule has 1 atom stereocenters. The summed E-state index contributed by atoms with van der Waals surface area (Å²) in [6.45, 7) is 1.46. The number of nitrogens with one attached hydrogen (secondary N) is 1. The van der Waals surface area contributed by atoms with E-state index in [0.717, 1.165) is 51.2 Å². The average molecular weight is 723 g/mol. The van der Waals surface area contributed by atoms with Gasteiger partial charge in [-0.25, -0.2) is 8.42 Å². The van der Waals surface area contributed by atoms with E-state index in [2.05, 4.69) is 21.2 Å². The lowest BCUT2D eigenvalue weighted by Gasteiger charge is -2.34. The van der Waals surface area contributed by atoms with Gasteiger partial charge in [0.05, 0.1) is 10.6 Å². The second-order valence-electron chi connectivity index (χ2n) is 11.6. The number of nitrogens with zero attached hydrogens (tertiary/aromatic N) is 2. The molecule has 0 aromatic heterocycles. The van der Waals surface area contributed by atoms with E-state index in [-0.39, 0.29) is 29.8 Å². The standard InChI is InChI=1S/C36H37BrClN3O4S/c1-26-11-21-33(22-12-26)46(44,45)41(32-19-15-29(37)16-20-32)25-35(42)40(24-28-13-17-30(38)18-14-28)34(23-27-7-3-2-4-8-27)36(43)39-31-9-5-6-10-31/h2-4,7-8,11-22,31,34H,5-6,9-10,23-25H2,1H3,(H,39,43)/t34-/m0/s1.